The zero-order valence-corrected chi connectivity index (χ0v) is 19.4. The molecule has 1 rings (SSSR count). The molecule has 184 valence electrons. The number of carbonyl (C=O) groups excluding carboxylic acids is 3. The molecule has 1 heterocycles. The Morgan fingerprint density at radius 2 is 1.78 bits per heavy atom. The number of unbranched alkanes of at least 4 members (excludes halogenated alkanes) is 1. The van der Waals surface area contributed by atoms with Crippen LogP contribution in [0.3, 0.4) is 0 Å². The van der Waals surface area contributed by atoms with Crippen LogP contribution >= 0.6 is 7.60 Å². The number of nitrogens with one attached hydrogen (secondary N) is 2. The van der Waals surface area contributed by atoms with Gasteiger partial charge in [-0.1, -0.05) is 13.8 Å². The fourth-order valence-electron chi connectivity index (χ4n) is 3.53. The SMILES string of the molecule is CC(C)[C@H](NC(=O)CCC(=O)O)C(=O)N1CCC[C@H]1C(=O)N[C@@H](CCCCN)P(=O)(O)O. The van der Waals surface area contributed by atoms with Gasteiger partial charge in [-0.15, -0.1) is 0 Å². The number of likely N-dealkylation sites (tertiary alicyclic amines) is 1. The third kappa shape index (κ3) is 8.85. The van der Waals surface area contributed by atoms with Gasteiger partial charge >= 0.3 is 13.6 Å². The molecule has 12 nitrogen and oxygen atoms in total. The predicted molar refractivity (Wildman–Crippen MR) is 115 cm³/mol. The van der Waals surface area contributed by atoms with Crippen LogP contribution in [-0.4, -0.2) is 74.4 Å². The van der Waals surface area contributed by atoms with Gasteiger partial charge in [-0.25, -0.2) is 0 Å². The maximum Gasteiger partial charge on any atom is 0.347 e. The maximum absolute atomic E-state index is 13.1. The minimum Gasteiger partial charge on any atom is -0.481 e. The summed E-state index contributed by atoms with van der Waals surface area (Å²) < 4.78 is 11.8. The number of nitrogens with zero attached hydrogens (tertiary/aromatic N) is 1. The maximum atomic E-state index is 13.1. The first kappa shape index (κ1) is 28.0. The van der Waals surface area contributed by atoms with Crippen molar-refractivity contribution >= 4 is 31.3 Å². The lowest BCUT2D eigenvalue weighted by atomic mass is 10.0. The molecule has 0 aromatic rings. The topological polar surface area (TPSA) is 199 Å². The summed E-state index contributed by atoms with van der Waals surface area (Å²) in [6, 6.07) is -1.87. The summed E-state index contributed by atoms with van der Waals surface area (Å²) in [4.78, 5) is 69.1. The highest BCUT2D eigenvalue weighted by Gasteiger charge is 2.40. The van der Waals surface area contributed by atoms with E-state index in [4.69, 9.17) is 10.8 Å². The molecular formula is C19H35N4O8P. The lowest BCUT2D eigenvalue weighted by Gasteiger charge is -2.31. The Balaban J connectivity index is 2.88. The number of hydrogen-bond donors (Lipinski definition) is 6. The normalized spacial score (nSPS) is 18.3. The van der Waals surface area contributed by atoms with Crippen LogP contribution in [0, 0.1) is 5.92 Å². The van der Waals surface area contributed by atoms with Gasteiger partial charge in [0.15, 0.2) is 0 Å². The molecule has 0 radical (unpaired) electrons. The van der Waals surface area contributed by atoms with Gasteiger partial charge in [0.2, 0.25) is 17.7 Å². The van der Waals surface area contributed by atoms with Crippen LogP contribution in [0.1, 0.15) is 58.8 Å². The van der Waals surface area contributed by atoms with E-state index < -0.39 is 49.2 Å². The Morgan fingerprint density at radius 1 is 1.12 bits per heavy atom. The molecule has 1 aliphatic heterocycles. The summed E-state index contributed by atoms with van der Waals surface area (Å²) in [7, 11) is -4.60. The first-order chi connectivity index (χ1) is 14.9. The van der Waals surface area contributed by atoms with Crippen molar-refractivity contribution in [3.63, 3.8) is 0 Å². The van der Waals surface area contributed by atoms with E-state index in [1.165, 1.54) is 4.90 Å². The summed E-state index contributed by atoms with van der Waals surface area (Å²) >= 11 is 0. The molecule has 0 unspecified atom stereocenters. The Morgan fingerprint density at radius 3 is 2.31 bits per heavy atom. The van der Waals surface area contributed by atoms with E-state index >= 15 is 0 Å². The number of nitrogens with two attached hydrogens (primary N) is 1. The van der Waals surface area contributed by atoms with Crippen molar-refractivity contribution in [1.82, 2.24) is 15.5 Å². The van der Waals surface area contributed by atoms with Crippen LogP contribution in [0.5, 0.6) is 0 Å². The molecule has 0 saturated carbocycles. The molecule has 0 bridgehead atoms. The summed E-state index contributed by atoms with van der Waals surface area (Å²) in [5.41, 5.74) is 5.41. The molecule has 3 amide bonds. The van der Waals surface area contributed by atoms with E-state index in [-0.39, 0.29) is 31.7 Å². The number of carboxylic acid groups (broad SMARTS) is 1. The predicted octanol–water partition coefficient (Wildman–Crippen LogP) is -0.268. The van der Waals surface area contributed by atoms with Crippen molar-refractivity contribution in [2.75, 3.05) is 13.1 Å². The molecule has 0 aromatic carbocycles. The van der Waals surface area contributed by atoms with Crippen molar-refractivity contribution in [2.45, 2.75) is 76.7 Å². The van der Waals surface area contributed by atoms with E-state index in [1.807, 2.05) is 0 Å². The molecule has 0 aliphatic carbocycles. The summed E-state index contributed by atoms with van der Waals surface area (Å²) in [5.74, 6) is -4.54. The van der Waals surface area contributed by atoms with Crippen molar-refractivity contribution in [2.24, 2.45) is 11.7 Å². The fourth-order valence-corrected chi connectivity index (χ4v) is 4.34. The lowest BCUT2D eigenvalue weighted by Crippen LogP contribution is -2.56. The number of carbonyl (C=O) groups is 4. The molecular weight excluding hydrogens is 443 g/mol. The second-order valence-corrected chi connectivity index (χ2v) is 10.1. The van der Waals surface area contributed by atoms with E-state index in [1.54, 1.807) is 13.8 Å². The summed E-state index contributed by atoms with van der Waals surface area (Å²) in [6.45, 7) is 4.05. The molecule has 3 atom stereocenters. The molecule has 32 heavy (non-hydrogen) atoms. The van der Waals surface area contributed by atoms with Crippen LogP contribution in [0.15, 0.2) is 0 Å². The average molecular weight is 478 g/mol. The number of hydrogen-bond acceptors (Lipinski definition) is 6. The quantitative estimate of drug-likeness (QED) is 0.152. The van der Waals surface area contributed by atoms with E-state index in [2.05, 4.69) is 10.6 Å². The van der Waals surface area contributed by atoms with Crippen LogP contribution in [0.4, 0.5) is 0 Å². The van der Waals surface area contributed by atoms with Gasteiger partial charge in [-0.3, -0.25) is 23.7 Å². The van der Waals surface area contributed by atoms with Gasteiger partial charge in [0.1, 0.15) is 17.9 Å². The minimum atomic E-state index is -4.60. The largest absolute Gasteiger partial charge is 0.481 e. The van der Waals surface area contributed by atoms with Crippen molar-refractivity contribution in [1.29, 1.82) is 0 Å². The van der Waals surface area contributed by atoms with Crippen LogP contribution in [0.25, 0.3) is 0 Å². The van der Waals surface area contributed by atoms with Gasteiger partial charge in [-0.2, -0.15) is 0 Å². The van der Waals surface area contributed by atoms with Crippen LogP contribution < -0.4 is 16.4 Å². The molecule has 13 heteroatoms. The Bertz CT molecular complexity index is 726. The number of amides is 3. The second kappa shape index (κ2) is 12.9. The highest BCUT2D eigenvalue weighted by atomic mass is 31.2. The first-order valence-corrected chi connectivity index (χ1v) is 12.4. The second-order valence-electron chi connectivity index (χ2n) is 8.27. The van der Waals surface area contributed by atoms with Crippen molar-refractivity contribution in [3.05, 3.63) is 0 Å². The molecule has 0 aromatic heterocycles. The Kier molecular flexibility index (Phi) is 11.3. The van der Waals surface area contributed by atoms with Crippen LogP contribution in [0.2, 0.25) is 0 Å². The van der Waals surface area contributed by atoms with Gasteiger partial charge in [0.25, 0.3) is 0 Å². The van der Waals surface area contributed by atoms with Crippen LogP contribution in [-0.2, 0) is 23.7 Å². The third-order valence-corrected chi connectivity index (χ3v) is 6.50. The molecule has 7 N–H and O–H groups in total. The van der Waals surface area contributed by atoms with Crippen molar-refractivity contribution in [3.8, 4) is 0 Å². The van der Waals surface area contributed by atoms with Gasteiger partial charge in [0, 0.05) is 13.0 Å². The van der Waals surface area contributed by atoms with Gasteiger partial charge < -0.3 is 36.2 Å². The highest BCUT2D eigenvalue weighted by molar-refractivity contribution is 7.52. The molecule has 1 saturated heterocycles. The highest BCUT2D eigenvalue weighted by Crippen LogP contribution is 2.42. The number of carboxylic acids is 1. The van der Waals surface area contributed by atoms with E-state index in [0.717, 1.165) is 0 Å². The average Bonchev–Trinajstić information content (AvgIpc) is 3.18. The zero-order valence-electron chi connectivity index (χ0n) is 18.5. The summed E-state index contributed by atoms with van der Waals surface area (Å²) in [5, 5.41) is 13.7. The van der Waals surface area contributed by atoms with Gasteiger partial charge in [0.05, 0.1) is 6.42 Å². The monoisotopic (exact) mass is 478 g/mol. The van der Waals surface area contributed by atoms with E-state index in [9.17, 15) is 33.5 Å². The number of aliphatic carboxylic acids is 1. The third-order valence-electron chi connectivity index (χ3n) is 5.30. The number of rotatable bonds is 13. The summed E-state index contributed by atoms with van der Waals surface area (Å²) in [6.07, 6.45) is 1.25. The van der Waals surface area contributed by atoms with E-state index in [0.29, 0.717) is 32.2 Å². The Labute approximate surface area is 187 Å². The van der Waals surface area contributed by atoms with Gasteiger partial charge in [-0.05, 0) is 44.6 Å². The zero-order chi connectivity index (χ0) is 24.5. The molecule has 1 fully saturated rings. The molecule has 0 spiro atoms. The standard InChI is InChI=1S/C19H35N4O8P/c1-12(2)17(21-14(24)8-9-16(25)26)19(28)23-11-5-6-13(23)18(27)22-15(32(29,30)31)7-3-4-10-20/h12-13,15,17H,3-11,20H2,1-2H3,(H,21,24)(H,22,27)(H,25,26)(H2,29,30,31)/t13-,15+,17-/m0/s1. The first-order valence-electron chi connectivity index (χ1n) is 10.8. The Hall–Kier alpha value is -2.01. The minimum absolute atomic E-state index is 0.0577. The lowest BCUT2D eigenvalue weighted by molar-refractivity contribution is -0.143. The molecule has 1 aliphatic rings. The fraction of sp³-hybridized carbons (Fsp3) is 0.789. The smallest absolute Gasteiger partial charge is 0.347 e. The van der Waals surface area contributed by atoms with Crippen molar-refractivity contribution < 1.29 is 38.6 Å².